The maximum atomic E-state index is 11.8. The highest BCUT2D eigenvalue weighted by molar-refractivity contribution is 5.97. The Morgan fingerprint density at radius 2 is 2.09 bits per heavy atom. The van der Waals surface area contributed by atoms with Gasteiger partial charge in [0.15, 0.2) is 6.61 Å². The Hall–Kier alpha value is -2.63. The van der Waals surface area contributed by atoms with Gasteiger partial charge in [0, 0.05) is 18.3 Å². The number of ether oxygens (including phenoxy) is 1. The normalized spacial score (nSPS) is 16.5. The van der Waals surface area contributed by atoms with Gasteiger partial charge < -0.3 is 15.4 Å². The molecule has 122 valence electrons. The van der Waals surface area contributed by atoms with Gasteiger partial charge in [-0.05, 0) is 37.5 Å². The van der Waals surface area contributed by atoms with Crippen molar-refractivity contribution in [2.24, 2.45) is 5.92 Å². The number of allylic oxidation sites excluding steroid dienone is 2. The molecule has 0 aliphatic heterocycles. The number of carbonyl (C=O) groups is 3. The molecule has 0 saturated carbocycles. The number of anilines is 1. The number of nitrogens with one attached hydrogen (secondary N) is 2. The first kappa shape index (κ1) is 16.7. The second-order valence-electron chi connectivity index (χ2n) is 5.30. The second kappa shape index (κ2) is 8.12. The summed E-state index contributed by atoms with van der Waals surface area (Å²) in [6, 6.07) is 6.54. The Morgan fingerprint density at radius 3 is 2.78 bits per heavy atom. The molecule has 0 bridgehead atoms. The third-order valence-corrected chi connectivity index (χ3v) is 3.58. The molecule has 0 saturated heterocycles. The highest BCUT2D eigenvalue weighted by Gasteiger charge is 2.21. The zero-order chi connectivity index (χ0) is 16.7. The Labute approximate surface area is 134 Å². The molecule has 2 rings (SSSR count). The molecule has 0 aromatic heterocycles. The van der Waals surface area contributed by atoms with E-state index in [0.29, 0.717) is 17.7 Å². The number of carbonyl (C=O) groups excluding carboxylic acids is 3. The summed E-state index contributed by atoms with van der Waals surface area (Å²) in [7, 11) is 1.54. The van der Waals surface area contributed by atoms with Crippen LogP contribution in [0, 0.1) is 5.92 Å². The van der Waals surface area contributed by atoms with Crippen LogP contribution in [0.15, 0.2) is 36.4 Å². The van der Waals surface area contributed by atoms with E-state index >= 15 is 0 Å². The standard InChI is InChI=1S/C17H20N2O4/c1-18-16(21)13-8-5-9-14(10-13)19-15(20)11-23-17(22)12-6-3-2-4-7-12/h2-3,5,8-10,12H,4,6-7,11H2,1H3,(H,18,21)(H,19,20)/t12-/m1/s1. The Balaban J connectivity index is 1.83. The third kappa shape index (κ3) is 4.95. The van der Waals surface area contributed by atoms with Gasteiger partial charge in [0.25, 0.3) is 11.8 Å². The Kier molecular flexibility index (Phi) is 5.91. The van der Waals surface area contributed by atoms with Crippen molar-refractivity contribution in [1.29, 1.82) is 0 Å². The average molecular weight is 316 g/mol. The van der Waals surface area contributed by atoms with Gasteiger partial charge in [-0.15, -0.1) is 0 Å². The van der Waals surface area contributed by atoms with Crippen LogP contribution in [0.25, 0.3) is 0 Å². The number of hydrogen-bond donors (Lipinski definition) is 2. The number of hydrogen-bond acceptors (Lipinski definition) is 4. The first-order valence-electron chi connectivity index (χ1n) is 7.54. The molecule has 0 unspecified atom stereocenters. The van der Waals surface area contributed by atoms with E-state index in [1.165, 1.54) is 7.05 Å². The molecule has 1 aliphatic carbocycles. The largest absolute Gasteiger partial charge is 0.455 e. The van der Waals surface area contributed by atoms with Crippen LogP contribution in [0.2, 0.25) is 0 Å². The quantitative estimate of drug-likeness (QED) is 0.642. The topological polar surface area (TPSA) is 84.5 Å². The predicted octanol–water partition coefficient (Wildman–Crippen LogP) is 1.88. The van der Waals surface area contributed by atoms with Gasteiger partial charge in [0.05, 0.1) is 5.92 Å². The van der Waals surface area contributed by atoms with Crippen LogP contribution in [0.5, 0.6) is 0 Å². The van der Waals surface area contributed by atoms with Crippen molar-refractivity contribution in [3.8, 4) is 0 Å². The van der Waals surface area contributed by atoms with Crippen LogP contribution in [0.1, 0.15) is 29.6 Å². The fourth-order valence-electron chi connectivity index (χ4n) is 2.34. The molecule has 6 nitrogen and oxygen atoms in total. The molecular weight excluding hydrogens is 296 g/mol. The minimum absolute atomic E-state index is 0.163. The van der Waals surface area contributed by atoms with E-state index in [1.54, 1.807) is 24.3 Å². The zero-order valence-electron chi connectivity index (χ0n) is 13.0. The third-order valence-electron chi connectivity index (χ3n) is 3.58. The van der Waals surface area contributed by atoms with E-state index in [4.69, 9.17) is 4.74 Å². The highest BCUT2D eigenvalue weighted by Crippen LogP contribution is 2.19. The predicted molar refractivity (Wildman–Crippen MR) is 85.9 cm³/mol. The molecule has 0 radical (unpaired) electrons. The highest BCUT2D eigenvalue weighted by atomic mass is 16.5. The van der Waals surface area contributed by atoms with Gasteiger partial charge in [-0.3, -0.25) is 14.4 Å². The lowest BCUT2D eigenvalue weighted by Crippen LogP contribution is -2.25. The summed E-state index contributed by atoms with van der Waals surface area (Å²) in [4.78, 5) is 35.2. The van der Waals surface area contributed by atoms with Crippen LogP contribution in [-0.2, 0) is 14.3 Å². The van der Waals surface area contributed by atoms with Crippen molar-refractivity contribution >= 4 is 23.5 Å². The van der Waals surface area contributed by atoms with Crippen LogP contribution in [-0.4, -0.2) is 31.4 Å². The lowest BCUT2D eigenvalue weighted by Gasteiger charge is -2.16. The summed E-state index contributed by atoms with van der Waals surface area (Å²) in [5.74, 6) is -1.18. The van der Waals surface area contributed by atoms with Crippen molar-refractivity contribution in [2.45, 2.75) is 19.3 Å². The van der Waals surface area contributed by atoms with Gasteiger partial charge in [-0.2, -0.15) is 0 Å². The number of amides is 2. The SMILES string of the molecule is CNC(=O)c1cccc(NC(=O)COC(=O)[C@@H]2CC=CCC2)c1. The first-order valence-corrected chi connectivity index (χ1v) is 7.54. The van der Waals surface area contributed by atoms with Gasteiger partial charge in [-0.25, -0.2) is 0 Å². The smallest absolute Gasteiger partial charge is 0.309 e. The lowest BCUT2D eigenvalue weighted by molar-refractivity contribution is -0.151. The van der Waals surface area contributed by atoms with Gasteiger partial charge in [-0.1, -0.05) is 18.2 Å². The molecule has 23 heavy (non-hydrogen) atoms. The molecule has 2 N–H and O–H groups in total. The van der Waals surface area contributed by atoms with Crippen LogP contribution < -0.4 is 10.6 Å². The summed E-state index contributed by atoms with van der Waals surface area (Å²) in [5, 5.41) is 5.12. The molecule has 2 amide bonds. The van der Waals surface area contributed by atoms with Crippen molar-refractivity contribution < 1.29 is 19.1 Å². The van der Waals surface area contributed by atoms with E-state index in [0.717, 1.165) is 12.8 Å². The number of benzene rings is 1. The molecule has 1 aliphatic rings. The lowest BCUT2D eigenvalue weighted by atomic mass is 9.95. The van der Waals surface area contributed by atoms with Crippen LogP contribution >= 0.6 is 0 Å². The fraction of sp³-hybridized carbons (Fsp3) is 0.353. The summed E-state index contributed by atoms with van der Waals surface area (Å²) >= 11 is 0. The molecule has 0 fully saturated rings. The maximum Gasteiger partial charge on any atom is 0.309 e. The van der Waals surface area contributed by atoms with Gasteiger partial charge in [0.2, 0.25) is 0 Å². The van der Waals surface area contributed by atoms with Crippen LogP contribution in [0.4, 0.5) is 5.69 Å². The van der Waals surface area contributed by atoms with E-state index < -0.39 is 5.91 Å². The molecule has 0 spiro atoms. The number of rotatable bonds is 5. The van der Waals surface area contributed by atoms with Gasteiger partial charge >= 0.3 is 5.97 Å². The van der Waals surface area contributed by atoms with Crippen molar-refractivity contribution in [2.75, 3.05) is 19.0 Å². The molecule has 1 atom stereocenters. The molecule has 0 heterocycles. The van der Waals surface area contributed by atoms with Crippen molar-refractivity contribution in [1.82, 2.24) is 5.32 Å². The molecular formula is C17H20N2O4. The first-order chi connectivity index (χ1) is 11.1. The van der Waals surface area contributed by atoms with Crippen LogP contribution in [0.3, 0.4) is 0 Å². The summed E-state index contributed by atoms with van der Waals surface area (Å²) in [6.45, 7) is -0.330. The van der Waals surface area contributed by atoms with E-state index in [-0.39, 0.29) is 24.4 Å². The van der Waals surface area contributed by atoms with Crippen molar-refractivity contribution in [3.05, 3.63) is 42.0 Å². The average Bonchev–Trinajstić information content (AvgIpc) is 2.60. The van der Waals surface area contributed by atoms with Gasteiger partial charge in [0.1, 0.15) is 0 Å². The minimum atomic E-state index is -0.432. The second-order valence-corrected chi connectivity index (χ2v) is 5.30. The van der Waals surface area contributed by atoms with E-state index in [9.17, 15) is 14.4 Å². The molecule has 1 aromatic carbocycles. The number of esters is 1. The zero-order valence-corrected chi connectivity index (χ0v) is 13.0. The van der Waals surface area contributed by atoms with Crippen molar-refractivity contribution in [3.63, 3.8) is 0 Å². The maximum absolute atomic E-state index is 11.8. The van der Waals surface area contributed by atoms with E-state index in [2.05, 4.69) is 10.6 Å². The fourth-order valence-corrected chi connectivity index (χ4v) is 2.34. The Bertz CT molecular complexity index is 625. The summed E-state index contributed by atoms with van der Waals surface area (Å²) < 4.78 is 5.05. The molecule has 1 aromatic rings. The summed E-state index contributed by atoms with van der Waals surface area (Å²) in [6.07, 6.45) is 6.27. The molecule has 6 heteroatoms. The monoisotopic (exact) mass is 316 g/mol. The van der Waals surface area contributed by atoms with E-state index in [1.807, 2.05) is 12.2 Å². The summed E-state index contributed by atoms with van der Waals surface area (Å²) in [5.41, 5.74) is 0.920. The minimum Gasteiger partial charge on any atom is -0.455 e. The Morgan fingerprint density at radius 1 is 1.26 bits per heavy atom.